The monoisotopic (exact) mass is 239 g/mol. The van der Waals surface area contributed by atoms with E-state index in [4.69, 9.17) is 9.47 Å². The van der Waals surface area contributed by atoms with E-state index in [2.05, 4.69) is 15.3 Å². The Morgan fingerprint density at radius 1 is 1.53 bits per heavy atom. The summed E-state index contributed by atoms with van der Waals surface area (Å²) in [6.45, 7) is 3.93. The van der Waals surface area contributed by atoms with Gasteiger partial charge in [-0.05, 0) is 13.0 Å². The van der Waals surface area contributed by atoms with Gasteiger partial charge in [0.2, 0.25) is 0 Å². The predicted molar refractivity (Wildman–Crippen MR) is 61.2 cm³/mol. The van der Waals surface area contributed by atoms with Crippen molar-refractivity contribution in [1.82, 2.24) is 15.3 Å². The Morgan fingerprint density at radius 2 is 2.41 bits per heavy atom. The average Bonchev–Trinajstić information content (AvgIpc) is 2.35. The van der Waals surface area contributed by atoms with Gasteiger partial charge in [-0.3, -0.25) is 0 Å². The smallest absolute Gasteiger partial charge is 0.332 e. The van der Waals surface area contributed by atoms with E-state index in [0.29, 0.717) is 26.3 Å². The molecule has 0 fully saturated rings. The second-order valence-corrected chi connectivity index (χ2v) is 3.24. The van der Waals surface area contributed by atoms with E-state index in [-0.39, 0.29) is 12.6 Å². The molecule has 94 valence electrons. The van der Waals surface area contributed by atoms with Crippen LogP contribution in [0, 0.1) is 0 Å². The zero-order valence-electron chi connectivity index (χ0n) is 9.89. The molecule has 0 saturated carbocycles. The largest absolute Gasteiger partial charge is 0.464 e. The number of esters is 1. The lowest BCUT2D eigenvalue weighted by Gasteiger charge is -2.05. The summed E-state index contributed by atoms with van der Waals surface area (Å²) in [5.74, 6) is -0.330. The van der Waals surface area contributed by atoms with Crippen molar-refractivity contribution in [3.63, 3.8) is 0 Å². The molecule has 0 aromatic carbocycles. The molecule has 0 unspecified atom stereocenters. The minimum atomic E-state index is -0.330. The molecule has 0 aliphatic rings. The van der Waals surface area contributed by atoms with Crippen LogP contribution < -0.4 is 5.32 Å². The van der Waals surface area contributed by atoms with Gasteiger partial charge in [0.25, 0.3) is 0 Å². The number of aromatic nitrogens is 2. The topological polar surface area (TPSA) is 73.3 Å². The van der Waals surface area contributed by atoms with Crippen LogP contribution in [0.3, 0.4) is 0 Å². The molecule has 6 heteroatoms. The lowest BCUT2D eigenvalue weighted by molar-refractivity contribution is -0.148. The summed E-state index contributed by atoms with van der Waals surface area (Å²) < 4.78 is 9.83. The Labute approximate surface area is 100 Å². The van der Waals surface area contributed by atoms with Crippen LogP contribution in [-0.2, 0) is 20.8 Å². The minimum Gasteiger partial charge on any atom is -0.464 e. The molecule has 17 heavy (non-hydrogen) atoms. The summed E-state index contributed by atoms with van der Waals surface area (Å²) in [6.07, 6.45) is 3.20. The number of hydrogen-bond acceptors (Lipinski definition) is 6. The molecule has 0 radical (unpaired) electrons. The van der Waals surface area contributed by atoms with Crippen LogP contribution in [0.1, 0.15) is 12.6 Å². The van der Waals surface area contributed by atoms with Gasteiger partial charge in [0.15, 0.2) is 0 Å². The molecule has 0 bridgehead atoms. The summed E-state index contributed by atoms with van der Waals surface area (Å²) in [7, 11) is 0. The van der Waals surface area contributed by atoms with E-state index in [1.165, 1.54) is 6.33 Å². The van der Waals surface area contributed by atoms with Crippen LogP contribution in [0.2, 0.25) is 0 Å². The molecule has 0 saturated heterocycles. The van der Waals surface area contributed by atoms with Crippen LogP contribution in [0.25, 0.3) is 0 Å². The lowest BCUT2D eigenvalue weighted by Crippen LogP contribution is -2.22. The standard InChI is InChI=1S/C11H17N3O3/c1-2-17-11(15)8-16-6-5-12-7-10-3-4-13-9-14-10/h3-4,9,12H,2,5-8H2,1H3. The molecule has 6 nitrogen and oxygen atoms in total. The Morgan fingerprint density at radius 3 is 3.12 bits per heavy atom. The summed E-state index contributed by atoms with van der Waals surface area (Å²) >= 11 is 0. The molecular formula is C11H17N3O3. The maximum absolute atomic E-state index is 10.9. The van der Waals surface area contributed by atoms with Crippen LogP contribution in [-0.4, -0.2) is 42.3 Å². The number of carbonyl (C=O) groups excluding carboxylic acids is 1. The summed E-state index contributed by atoms with van der Waals surface area (Å²) in [4.78, 5) is 18.8. The zero-order chi connectivity index (χ0) is 12.3. The number of rotatable bonds is 8. The predicted octanol–water partition coefficient (Wildman–Crippen LogP) is 0.146. The van der Waals surface area contributed by atoms with Crippen molar-refractivity contribution >= 4 is 5.97 Å². The van der Waals surface area contributed by atoms with Crippen LogP contribution >= 0.6 is 0 Å². The van der Waals surface area contributed by atoms with Crippen molar-refractivity contribution in [2.75, 3.05) is 26.4 Å². The summed E-state index contributed by atoms with van der Waals surface area (Å²) in [6, 6.07) is 1.84. The van der Waals surface area contributed by atoms with E-state index in [1.54, 1.807) is 13.1 Å². The highest BCUT2D eigenvalue weighted by Crippen LogP contribution is 1.89. The van der Waals surface area contributed by atoms with E-state index >= 15 is 0 Å². The molecule has 1 aromatic heterocycles. The fourth-order valence-electron chi connectivity index (χ4n) is 1.14. The van der Waals surface area contributed by atoms with E-state index in [9.17, 15) is 4.79 Å². The van der Waals surface area contributed by atoms with Gasteiger partial charge in [-0.1, -0.05) is 0 Å². The molecular weight excluding hydrogens is 222 g/mol. The Kier molecular flexibility index (Phi) is 6.85. The molecule has 0 amide bonds. The van der Waals surface area contributed by atoms with Gasteiger partial charge in [0, 0.05) is 19.3 Å². The molecule has 1 rings (SSSR count). The van der Waals surface area contributed by atoms with Gasteiger partial charge in [-0.2, -0.15) is 0 Å². The summed E-state index contributed by atoms with van der Waals surface area (Å²) in [5, 5.41) is 3.14. The first-order valence-corrected chi connectivity index (χ1v) is 5.52. The Balaban J connectivity index is 1.96. The third kappa shape index (κ3) is 6.60. The first kappa shape index (κ1) is 13.5. The van der Waals surface area contributed by atoms with Crippen molar-refractivity contribution in [3.8, 4) is 0 Å². The molecule has 1 aromatic rings. The SMILES string of the molecule is CCOC(=O)COCCNCc1ccncn1. The molecule has 0 aliphatic heterocycles. The molecule has 0 spiro atoms. The van der Waals surface area contributed by atoms with Crippen LogP contribution in [0.5, 0.6) is 0 Å². The number of nitrogens with one attached hydrogen (secondary N) is 1. The van der Waals surface area contributed by atoms with E-state index in [0.717, 1.165) is 5.69 Å². The quantitative estimate of drug-likeness (QED) is 0.514. The van der Waals surface area contributed by atoms with Crippen molar-refractivity contribution < 1.29 is 14.3 Å². The third-order valence-corrected chi connectivity index (χ3v) is 1.90. The van der Waals surface area contributed by atoms with E-state index < -0.39 is 0 Å². The number of nitrogens with zero attached hydrogens (tertiary/aromatic N) is 2. The Bertz CT molecular complexity index is 319. The highest BCUT2D eigenvalue weighted by atomic mass is 16.6. The third-order valence-electron chi connectivity index (χ3n) is 1.90. The zero-order valence-corrected chi connectivity index (χ0v) is 9.89. The molecule has 1 heterocycles. The van der Waals surface area contributed by atoms with Crippen molar-refractivity contribution in [2.45, 2.75) is 13.5 Å². The maximum Gasteiger partial charge on any atom is 0.332 e. The minimum absolute atomic E-state index is 0.00300. The highest BCUT2D eigenvalue weighted by Gasteiger charge is 2.00. The van der Waals surface area contributed by atoms with Gasteiger partial charge in [-0.15, -0.1) is 0 Å². The first-order chi connectivity index (χ1) is 8.33. The van der Waals surface area contributed by atoms with Crippen molar-refractivity contribution in [1.29, 1.82) is 0 Å². The van der Waals surface area contributed by atoms with Crippen LogP contribution in [0.15, 0.2) is 18.6 Å². The second kappa shape index (κ2) is 8.60. The summed E-state index contributed by atoms with van der Waals surface area (Å²) in [5.41, 5.74) is 0.922. The van der Waals surface area contributed by atoms with Gasteiger partial charge in [-0.25, -0.2) is 14.8 Å². The molecule has 0 atom stereocenters. The van der Waals surface area contributed by atoms with Crippen LogP contribution in [0.4, 0.5) is 0 Å². The lowest BCUT2D eigenvalue weighted by atomic mass is 10.4. The molecule has 1 N–H and O–H groups in total. The van der Waals surface area contributed by atoms with E-state index in [1.807, 2.05) is 6.07 Å². The maximum atomic E-state index is 10.9. The fourth-order valence-corrected chi connectivity index (χ4v) is 1.14. The van der Waals surface area contributed by atoms with Gasteiger partial charge >= 0.3 is 5.97 Å². The van der Waals surface area contributed by atoms with Crippen molar-refractivity contribution in [3.05, 3.63) is 24.3 Å². The number of hydrogen-bond donors (Lipinski definition) is 1. The number of ether oxygens (including phenoxy) is 2. The average molecular weight is 239 g/mol. The normalized spacial score (nSPS) is 10.2. The van der Waals surface area contributed by atoms with Gasteiger partial charge < -0.3 is 14.8 Å². The number of carbonyl (C=O) groups is 1. The molecule has 0 aliphatic carbocycles. The first-order valence-electron chi connectivity index (χ1n) is 5.52. The highest BCUT2D eigenvalue weighted by molar-refractivity contribution is 5.70. The van der Waals surface area contributed by atoms with Gasteiger partial charge in [0.1, 0.15) is 12.9 Å². The van der Waals surface area contributed by atoms with Gasteiger partial charge in [0.05, 0.1) is 18.9 Å². The Hall–Kier alpha value is -1.53. The fraction of sp³-hybridized carbons (Fsp3) is 0.545. The van der Waals surface area contributed by atoms with Crippen molar-refractivity contribution in [2.24, 2.45) is 0 Å². The second-order valence-electron chi connectivity index (χ2n) is 3.24.